The highest BCUT2D eigenvalue weighted by molar-refractivity contribution is 6.76. The molecule has 0 radical (unpaired) electrons. The molecular formula is C19H30O5Si. The van der Waals surface area contributed by atoms with Crippen molar-refractivity contribution in [2.75, 3.05) is 13.4 Å². The average molecular weight is 367 g/mol. The zero-order chi connectivity index (χ0) is 18.9. The molecule has 25 heavy (non-hydrogen) atoms. The molecule has 1 unspecified atom stereocenters. The molecule has 0 fully saturated rings. The summed E-state index contributed by atoms with van der Waals surface area (Å²) in [6, 6.07) is 4.14. The SMILES string of the molecule is CC(=O)/C=C/CCC(C)c1cc(OCOCC[Si](C)(C)C)cc(=O)o1. The van der Waals surface area contributed by atoms with E-state index in [4.69, 9.17) is 13.9 Å². The van der Waals surface area contributed by atoms with E-state index < -0.39 is 13.7 Å². The van der Waals surface area contributed by atoms with E-state index in [1.165, 1.54) is 13.0 Å². The molecule has 0 amide bonds. The molecule has 0 saturated carbocycles. The molecule has 0 N–H and O–H groups in total. The van der Waals surface area contributed by atoms with Gasteiger partial charge < -0.3 is 13.9 Å². The van der Waals surface area contributed by atoms with Crippen molar-refractivity contribution < 1.29 is 18.7 Å². The number of allylic oxidation sites excluding steroid dienone is 2. The van der Waals surface area contributed by atoms with Gasteiger partial charge >= 0.3 is 5.63 Å². The lowest BCUT2D eigenvalue weighted by Crippen LogP contribution is -2.22. The third kappa shape index (κ3) is 10.0. The summed E-state index contributed by atoms with van der Waals surface area (Å²) in [5.41, 5.74) is -0.430. The summed E-state index contributed by atoms with van der Waals surface area (Å²) in [5, 5.41) is 0. The average Bonchev–Trinajstić information content (AvgIpc) is 2.49. The summed E-state index contributed by atoms with van der Waals surface area (Å²) in [4.78, 5) is 22.6. The Morgan fingerprint density at radius 2 is 2.04 bits per heavy atom. The van der Waals surface area contributed by atoms with Crippen LogP contribution in [0.1, 0.15) is 38.4 Å². The van der Waals surface area contributed by atoms with E-state index in [-0.39, 0.29) is 18.5 Å². The van der Waals surface area contributed by atoms with Gasteiger partial charge in [-0.25, -0.2) is 4.79 Å². The van der Waals surface area contributed by atoms with Crippen molar-refractivity contribution in [2.24, 2.45) is 0 Å². The highest BCUT2D eigenvalue weighted by atomic mass is 28.3. The van der Waals surface area contributed by atoms with Gasteiger partial charge in [0.25, 0.3) is 0 Å². The standard InChI is InChI=1S/C19H30O5Si/c1-15(8-6-7-9-16(2)20)18-12-17(13-19(21)24-18)23-14-22-10-11-25(3,4)5/h7,9,12-13,15H,6,8,10-11,14H2,1-5H3/b9-7+. The van der Waals surface area contributed by atoms with E-state index in [0.717, 1.165) is 18.9 Å². The molecule has 0 aliphatic heterocycles. The third-order valence-electron chi connectivity index (χ3n) is 3.67. The van der Waals surface area contributed by atoms with Gasteiger partial charge in [-0.1, -0.05) is 32.6 Å². The number of hydrogen-bond donors (Lipinski definition) is 0. The number of ether oxygens (including phenoxy) is 2. The zero-order valence-electron chi connectivity index (χ0n) is 16.0. The van der Waals surface area contributed by atoms with Crippen LogP contribution < -0.4 is 10.4 Å². The van der Waals surface area contributed by atoms with E-state index in [9.17, 15) is 9.59 Å². The van der Waals surface area contributed by atoms with Crippen LogP contribution in [0.5, 0.6) is 5.75 Å². The molecule has 140 valence electrons. The molecule has 5 nitrogen and oxygen atoms in total. The monoisotopic (exact) mass is 366 g/mol. The minimum atomic E-state index is -1.11. The van der Waals surface area contributed by atoms with Gasteiger partial charge in [0.15, 0.2) is 12.6 Å². The Morgan fingerprint density at radius 3 is 2.68 bits per heavy atom. The molecule has 0 aliphatic carbocycles. The molecule has 1 aromatic rings. The van der Waals surface area contributed by atoms with Crippen molar-refractivity contribution in [3.05, 3.63) is 40.5 Å². The van der Waals surface area contributed by atoms with Crippen LogP contribution in [0.3, 0.4) is 0 Å². The van der Waals surface area contributed by atoms with Gasteiger partial charge in [0.1, 0.15) is 11.5 Å². The largest absolute Gasteiger partial charge is 0.467 e. The van der Waals surface area contributed by atoms with E-state index in [2.05, 4.69) is 19.6 Å². The van der Waals surface area contributed by atoms with Crippen molar-refractivity contribution in [3.8, 4) is 5.75 Å². The maximum absolute atomic E-state index is 11.7. The van der Waals surface area contributed by atoms with Gasteiger partial charge in [0.05, 0.1) is 6.07 Å². The smallest absolute Gasteiger partial charge is 0.339 e. The summed E-state index contributed by atoms with van der Waals surface area (Å²) in [5.74, 6) is 1.13. The summed E-state index contributed by atoms with van der Waals surface area (Å²) >= 11 is 0. The van der Waals surface area contributed by atoms with Gasteiger partial charge in [-0.05, 0) is 31.9 Å². The molecule has 0 spiro atoms. The van der Waals surface area contributed by atoms with Gasteiger partial charge in [-0.3, -0.25) is 4.79 Å². The topological polar surface area (TPSA) is 65.7 Å². The highest BCUT2D eigenvalue weighted by Crippen LogP contribution is 2.23. The van der Waals surface area contributed by atoms with E-state index in [1.54, 1.807) is 12.1 Å². The van der Waals surface area contributed by atoms with Crippen LogP contribution in [0.4, 0.5) is 0 Å². The molecule has 1 aromatic heterocycles. The number of carbonyl (C=O) groups excluding carboxylic acids is 1. The third-order valence-corrected chi connectivity index (χ3v) is 5.38. The fourth-order valence-corrected chi connectivity index (χ4v) is 2.84. The second kappa shape index (κ2) is 10.4. The maximum atomic E-state index is 11.7. The quantitative estimate of drug-likeness (QED) is 0.252. The number of carbonyl (C=O) groups is 1. The highest BCUT2D eigenvalue weighted by Gasteiger charge is 2.13. The molecular weight excluding hydrogens is 336 g/mol. The van der Waals surface area contributed by atoms with E-state index in [0.29, 0.717) is 18.1 Å². The molecule has 1 atom stereocenters. The normalized spacial score (nSPS) is 13.2. The van der Waals surface area contributed by atoms with Crippen molar-refractivity contribution in [1.82, 2.24) is 0 Å². The van der Waals surface area contributed by atoms with E-state index >= 15 is 0 Å². The van der Waals surface area contributed by atoms with Crippen molar-refractivity contribution in [3.63, 3.8) is 0 Å². The van der Waals surface area contributed by atoms with Crippen molar-refractivity contribution in [1.29, 1.82) is 0 Å². The van der Waals surface area contributed by atoms with Crippen LogP contribution in [-0.2, 0) is 9.53 Å². The van der Waals surface area contributed by atoms with Crippen LogP contribution in [0.15, 0.2) is 33.5 Å². The van der Waals surface area contributed by atoms with Crippen molar-refractivity contribution >= 4 is 13.9 Å². The number of ketones is 1. The fraction of sp³-hybridized carbons (Fsp3) is 0.579. The minimum Gasteiger partial charge on any atom is -0.467 e. The first kappa shape index (κ1) is 21.4. The summed E-state index contributed by atoms with van der Waals surface area (Å²) in [7, 11) is -1.11. The number of rotatable bonds is 11. The molecule has 0 aliphatic rings. The van der Waals surface area contributed by atoms with Gasteiger partial charge in [0.2, 0.25) is 0 Å². The Bertz CT molecular complexity index is 627. The summed E-state index contributed by atoms with van der Waals surface area (Å²) in [6.45, 7) is 11.2. The van der Waals surface area contributed by atoms with Gasteiger partial charge in [-0.2, -0.15) is 0 Å². The summed E-state index contributed by atoms with van der Waals surface area (Å²) in [6.07, 6.45) is 4.92. The number of hydrogen-bond acceptors (Lipinski definition) is 5. The summed E-state index contributed by atoms with van der Waals surface area (Å²) < 4.78 is 16.3. The first-order valence-electron chi connectivity index (χ1n) is 8.70. The Hall–Kier alpha value is -1.66. The molecule has 6 heteroatoms. The second-order valence-electron chi connectivity index (χ2n) is 7.49. The molecule has 1 heterocycles. The Balaban J connectivity index is 2.52. The maximum Gasteiger partial charge on any atom is 0.339 e. The Kier molecular flexibility index (Phi) is 8.86. The van der Waals surface area contributed by atoms with Gasteiger partial charge in [0, 0.05) is 26.7 Å². The van der Waals surface area contributed by atoms with Gasteiger partial charge in [-0.15, -0.1) is 0 Å². The molecule has 1 rings (SSSR count). The second-order valence-corrected chi connectivity index (χ2v) is 13.1. The first-order valence-corrected chi connectivity index (χ1v) is 12.4. The van der Waals surface area contributed by atoms with Crippen LogP contribution in [0, 0.1) is 0 Å². The lowest BCUT2D eigenvalue weighted by molar-refractivity contribution is -0.112. The Morgan fingerprint density at radius 1 is 1.32 bits per heavy atom. The predicted molar refractivity (Wildman–Crippen MR) is 102 cm³/mol. The fourth-order valence-electron chi connectivity index (χ4n) is 2.08. The zero-order valence-corrected chi connectivity index (χ0v) is 17.0. The lowest BCUT2D eigenvalue weighted by atomic mass is 10.0. The Labute approximate surface area is 151 Å². The molecule has 0 saturated heterocycles. The first-order chi connectivity index (χ1) is 11.7. The van der Waals surface area contributed by atoms with Crippen LogP contribution in [0.2, 0.25) is 25.7 Å². The lowest BCUT2D eigenvalue weighted by Gasteiger charge is -2.15. The van der Waals surface area contributed by atoms with Crippen LogP contribution in [-0.4, -0.2) is 27.3 Å². The van der Waals surface area contributed by atoms with Crippen molar-refractivity contribution in [2.45, 2.75) is 58.3 Å². The van der Waals surface area contributed by atoms with E-state index in [1.807, 2.05) is 13.0 Å². The predicted octanol–water partition coefficient (Wildman–Crippen LogP) is 4.36. The minimum absolute atomic E-state index is 0.0312. The van der Waals surface area contributed by atoms with Crippen LogP contribution >= 0.6 is 0 Å². The molecule has 0 aromatic carbocycles. The molecule has 0 bridgehead atoms. The van der Waals surface area contributed by atoms with Crippen LogP contribution in [0.25, 0.3) is 0 Å².